The van der Waals surface area contributed by atoms with E-state index >= 15 is 0 Å². The van der Waals surface area contributed by atoms with Gasteiger partial charge in [0.15, 0.2) is 0 Å². The summed E-state index contributed by atoms with van der Waals surface area (Å²) >= 11 is 2.94. The van der Waals surface area contributed by atoms with Crippen molar-refractivity contribution in [2.24, 2.45) is 0 Å². The first kappa shape index (κ1) is 24.2. The summed E-state index contributed by atoms with van der Waals surface area (Å²) in [4.78, 5) is 18.8. The van der Waals surface area contributed by atoms with Gasteiger partial charge in [0.1, 0.15) is 18.2 Å². The molecule has 0 aliphatic carbocycles. The summed E-state index contributed by atoms with van der Waals surface area (Å²) in [5.41, 5.74) is -0.487. The number of carbonyl (C=O) groups excluding carboxylic acids is 1. The van der Waals surface area contributed by atoms with Crippen LogP contribution < -0.4 is 0 Å². The van der Waals surface area contributed by atoms with Crippen LogP contribution in [0, 0.1) is 0 Å². The Morgan fingerprint density at radius 2 is 2.00 bits per heavy atom. The number of likely N-dealkylation sites (tertiary alicyclic amines) is 1. The highest BCUT2D eigenvalue weighted by Gasteiger charge is 2.35. The fraction of sp³-hybridized carbons (Fsp3) is 0.789. The molecule has 1 atom stereocenters. The Bertz CT molecular complexity index is 581. The molecular formula is C19H36BrN3O3Si. The van der Waals surface area contributed by atoms with E-state index in [0.29, 0.717) is 13.3 Å². The number of amides is 1. The molecule has 8 heteroatoms. The van der Waals surface area contributed by atoms with Crippen LogP contribution in [0.1, 0.15) is 45.5 Å². The second kappa shape index (κ2) is 10.6. The number of rotatable bonds is 6. The van der Waals surface area contributed by atoms with Crippen LogP contribution in [0.2, 0.25) is 25.7 Å². The lowest BCUT2D eigenvalue weighted by Gasteiger charge is -2.28. The first-order valence-corrected chi connectivity index (χ1v) is 14.8. The SMILES string of the molecule is CBr.CC(C)(C)OC(=O)N1CCC[C@H]1c1nccn1COCC[Si](C)(C)C. The van der Waals surface area contributed by atoms with Gasteiger partial charge in [-0.2, -0.15) is 0 Å². The van der Waals surface area contributed by atoms with Crippen LogP contribution >= 0.6 is 15.9 Å². The third kappa shape index (κ3) is 8.35. The van der Waals surface area contributed by atoms with Crippen molar-refractivity contribution in [3.05, 3.63) is 18.2 Å². The second-order valence-electron chi connectivity index (χ2n) is 8.93. The summed E-state index contributed by atoms with van der Waals surface area (Å²) in [7, 11) is -1.09. The number of hydrogen-bond donors (Lipinski definition) is 0. The molecule has 27 heavy (non-hydrogen) atoms. The molecule has 0 N–H and O–H groups in total. The third-order valence-corrected chi connectivity index (χ3v) is 5.86. The van der Waals surface area contributed by atoms with Gasteiger partial charge in [0.05, 0.1) is 6.04 Å². The lowest BCUT2D eigenvalue weighted by atomic mass is 10.2. The Hall–Kier alpha value is -0.863. The van der Waals surface area contributed by atoms with Gasteiger partial charge in [-0.1, -0.05) is 35.6 Å². The molecule has 1 saturated heterocycles. The van der Waals surface area contributed by atoms with Crippen molar-refractivity contribution >= 4 is 30.1 Å². The summed E-state index contributed by atoms with van der Waals surface area (Å²) in [6.45, 7) is 14.7. The summed E-state index contributed by atoms with van der Waals surface area (Å²) in [5.74, 6) is 2.70. The first-order valence-electron chi connectivity index (χ1n) is 9.53. The molecule has 0 aromatic carbocycles. The van der Waals surface area contributed by atoms with Gasteiger partial charge in [0.2, 0.25) is 0 Å². The normalized spacial score (nSPS) is 17.5. The summed E-state index contributed by atoms with van der Waals surface area (Å²) in [5, 5.41) is 0. The van der Waals surface area contributed by atoms with E-state index in [0.717, 1.165) is 31.3 Å². The fourth-order valence-electron chi connectivity index (χ4n) is 2.84. The Kier molecular flexibility index (Phi) is 9.51. The van der Waals surface area contributed by atoms with Gasteiger partial charge >= 0.3 is 6.09 Å². The summed E-state index contributed by atoms with van der Waals surface area (Å²) in [6.07, 6.45) is 5.32. The zero-order valence-corrected chi connectivity index (χ0v) is 20.5. The molecule has 1 aliphatic heterocycles. The van der Waals surface area contributed by atoms with Crippen molar-refractivity contribution in [1.29, 1.82) is 0 Å². The fourth-order valence-corrected chi connectivity index (χ4v) is 3.60. The molecule has 1 aromatic heterocycles. The number of imidazole rings is 1. The van der Waals surface area contributed by atoms with E-state index in [1.165, 1.54) is 0 Å². The van der Waals surface area contributed by atoms with Crippen LogP contribution in [0.15, 0.2) is 12.4 Å². The Labute approximate surface area is 173 Å². The van der Waals surface area contributed by atoms with E-state index in [-0.39, 0.29) is 12.1 Å². The Morgan fingerprint density at radius 1 is 1.33 bits per heavy atom. The number of nitrogens with zero attached hydrogens (tertiary/aromatic N) is 3. The monoisotopic (exact) mass is 461 g/mol. The van der Waals surface area contributed by atoms with E-state index < -0.39 is 13.7 Å². The quantitative estimate of drug-likeness (QED) is 0.328. The van der Waals surface area contributed by atoms with Crippen LogP contribution in [0.25, 0.3) is 0 Å². The average molecular weight is 463 g/mol. The maximum atomic E-state index is 12.5. The number of carbonyl (C=O) groups is 1. The highest BCUT2D eigenvalue weighted by Crippen LogP contribution is 2.32. The molecule has 0 unspecified atom stereocenters. The zero-order chi connectivity index (χ0) is 20.7. The van der Waals surface area contributed by atoms with Crippen LogP contribution in [-0.2, 0) is 16.2 Å². The van der Waals surface area contributed by atoms with Gasteiger partial charge in [-0.3, -0.25) is 4.90 Å². The van der Waals surface area contributed by atoms with Crippen molar-refractivity contribution in [1.82, 2.24) is 14.5 Å². The summed E-state index contributed by atoms with van der Waals surface area (Å²) in [6, 6.07) is 1.11. The molecule has 1 aliphatic rings. The van der Waals surface area contributed by atoms with E-state index in [1.807, 2.05) is 37.4 Å². The van der Waals surface area contributed by atoms with Gasteiger partial charge in [-0.25, -0.2) is 9.78 Å². The molecule has 0 spiro atoms. The molecule has 0 radical (unpaired) electrons. The Morgan fingerprint density at radius 3 is 2.59 bits per heavy atom. The highest BCUT2D eigenvalue weighted by atomic mass is 79.9. The molecular weight excluding hydrogens is 426 g/mol. The maximum Gasteiger partial charge on any atom is 0.410 e. The molecule has 156 valence electrons. The molecule has 6 nitrogen and oxygen atoms in total. The zero-order valence-electron chi connectivity index (χ0n) is 17.9. The molecule has 1 aromatic rings. The molecule has 0 bridgehead atoms. The number of halogens is 1. The van der Waals surface area contributed by atoms with Crippen LogP contribution in [-0.4, -0.2) is 53.2 Å². The van der Waals surface area contributed by atoms with Crippen LogP contribution in [0.4, 0.5) is 4.79 Å². The second-order valence-corrected chi connectivity index (χ2v) is 14.6. The number of ether oxygens (including phenoxy) is 2. The lowest BCUT2D eigenvalue weighted by molar-refractivity contribution is 0.0204. The first-order chi connectivity index (χ1) is 12.6. The minimum absolute atomic E-state index is 0.0366. The largest absolute Gasteiger partial charge is 0.444 e. The molecule has 2 heterocycles. The Balaban J connectivity index is 0.00000176. The third-order valence-electron chi connectivity index (χ3n) is 4.15. The smallest absolute Gasteiger partial charge is 0.410 e. The van der Waals surface area contributed by atoms with Gasteiger partial charge in [-0.15, -0.1) is 0 Å². The van der Waals surface area contributed by atoms with Crippen molar-refractivity contribution in [2.75, 3.05) is 19.0 Å². The summed E-state index contributed by atoms with van der Waals surface area (Å²) < 4.78 is 13.4. The maximum absolute atomic E-state index is 12.5. The van der Waals surface area contributed by atoms with Gasteiger partial charge < -0.3 is 14.0 Å². The average Bonchev–Trinajstić information content (AvgIpc) is 3.19. The number of hydrogen-bond acceptors (Lipinski definition) is 4. The lowest BCUT2D eigenvalue weighted by Crippen LogP contribution is -2.37. The molecule has 1 fully saturated rings. The van der Waals surface area contributed by atoms with Crippen molar-refractivity contribution in [3.63, 3.8) is 0 Å². The standard InChI is InChI=1S/C18H33N3O3Si.CH3Br/c1-18(2,3)24-17(22)21-10-7-8-15(21)16-19-9-11-20(16)14-23-12-13-25(4,5)6;1-2/h9,11,15H,7-8,10,12-14H2,1-6H3;1H3/t15-;/m0./s1. The van der Waals surface area contributed by atoms with E-state index in [1.54, 1.807) is 11.1 Å². The predicted octanol–water partition coefficient (Wildman–Crippen LogP) is 5.28. The molecule has 2 rings (SSSR count). The highest BCUT2D eigenvalue weighted by molar-refractivity contribution is 9.08. The minimum atomic E-state index is -1.09. The topological polar surface area (TPSA) is 56.6 Å². The minimum Gasteiger partial charge on any atom is -0.444 e. The van der Waals surface area contributed by atoms with Crippen LogP contribution in [0.3, 0.4) is 0 Å². The van der Waals surface area contributed by atoms with Crippen LogP contribution in [0.5, 0.6) is 0 Å². The van der Waals surface area contributed by atoms with Gasteiger partial charge in [0.25, 0.3) is 0 Å². The number of alkyl halides is 1. The van der Waals surface area contributed by atoms with Crippen molar-refractivity contribution < 1.29 is 14.3 Å². The van der Waals surface area contributed by atoms with E-state index in [4.69, 9.17) is 9.47 Å². The van der Waals surface area contributed by atoms with Crippen molar-refractivity contribution in [3.8, 4) is 0 Å². The van der Waals surface area contributed by atoms with E-state index in [2.05, 4.69) is 40.6 Å². The van der Waals surface area contributed by atoms with Gasteiger partial charge in [0, 0.05) is 33.6 Å². The van der Waals surface area contributed by atoms with Gasteiger partial charge in [-0.05, 0) is 45.5 Å². The molecule has 1 amide bonds. The predicted molar refractivity (Wildman–Crippen MR) is 116 cm³/mol. The van der Waals surface area contributed by atoms with Crippen molar-refractivity contribution in [2.45, 2.75) is 77.7 Å². The molecule has 0 saturated carbocycles. The van der Waals surface area contributed by atoms with E-state index in [9.17, 15) is 4.79 Å². The number of aromatic nitrogens is 2.